The van der Waals surface area contributed by atoms with Gasteiger partial charge >= 0.3 is 0 Å². The van der Waals surface area contributed by atoms with E-state index < -0.39 is 0 Å². The maximum Gasteiger partial charge on any atom is -0.000790 e. The summed E-state index contributed by atoms with van der Waals surface area (Å²) in [5, 5.41) is 3.54. The summed E-state index contributed by atoms with van der Waals surface area (Å²) in [5.41, 5.74) is 9.04. The third-order valence-electron chi connectivity index (χ3n) is 4.53. The highest BCUT2D eigenvalue weighted by molar-refractivity contribution is 5.94. The summed E-state index contributed by atoms with van der Waals surface area (Å²) in [4.78, 5) is 0. The summed E-state index contributed by atoms with van der Waals surface area (Å²) in [7, 11) is 0. The molecule has 0 unspecified atom stereocenters. The van der Waals surface area contributed by atoms with E-state index in [1.54, 1.807) is 11.1 Å². The quantitative estimate of drug-likeness (QED) is 0.764. The predicted molar refractivity (Wildman–Crippen MR) is 91.9 cm³/mol. The molecule has 0 aromatic heterocycles. The standard InChI is InChI=1S/C19H19N.ClH/c1-3-7-16-14(5-1)13-15-6-2-4-8-17(15)19-10-12-20-11-9-18(16)19;/h1-8,20H,9-13H2;1H. The summed E-state index contributed by atoms with van der Waals surface area (Å²) < 4.78 is 0. The molecule has 0 spiro atoms. The molecule has 0 fully saturated rings. The highest BCUT2D eigenvalue weighted by Crippen LogP contribution is 2.39. The van der Waals surface area contributed by atoms with Crippen LogP contribution in [0.2, 0.25) is 0 Å². The Morgan fingerprint density at radius 1 is 0.667 bits per heavy atom. The lowest BCUT2D eigenvalue weighted by Gasteiger charge is -2.13. The molecule has 0 saturated heterocycles. The molecule has 0 bridgehead atoms. The van der Waals surface area contributed by atoms with Crippen molar-refractivity contribution in [3.63, 3.8) is 0 Å². The third-order valence-corrected chi connectivity index (χ3v) is 4.53. The lowest BCUT2D eigenvalue weighted by atomic mass is 9.91. The molecule has 2 heteroatoms. The van der Waals surface area contributed by atoms with Crippen molar-refractivity contribution >= 4 is 23.6 Å². The minimum absolute atomic E-state index is 0. The van der Waals surface area contributed by atoms with Crippen molar-refractivity contribution in [1.29, 1.82) is 0 Å². The first-order valence-electron chi connectivity index (χ1n) is 7.53. The van der Waals surface area contributed by atoms with Crippen molar-refractivity contribution in [3.05, 3.63) is 70.8 Å². The van der Waals surface area contributed by atoms with Crippen molar-refractivity contribution in [2.75, 3.05) is 13.1 Å². The zero-order valence-electron chi connectivity index (χ0n) is 12.1. The largest absolute Gasteiger partial charge is 0.316 e. The second kappa shape index (κ2) is 6.05. The fourth-order valence-corrected chi connectivity index (χ4v) is 3.59. The van der Waals surface area contributed by atoms with Crippen LogP contribution in [0.5, 0.6) is 0 Å². The zero-order valence-corrected chi connectivity index (χ0v) is 12.9. The number of nitrogens with one attached hydrogen (secondary N) is 1. The van der Waals surface area contributed by atoms with E-state index in [2.05, 4.69) is 53.8 Å². The van der Waals surface area contributed by atoms with Crippen LogP contribution in [-0.2, 0) is 6.42 Å². The zero-order chi connectivity index (χ0) is 13.4. The van der Waals surface area contributed by atoms with Gasteiger partial charge in [-0.1, -0.05) is 48.5 Å². The van der Waals surface area contributed by atoms with Gasteiger partial charge in [-0.2, -0.15) is 0 Å². The summed E-state index contributed by atoms with van der Waals surface area (Å²) in [5.74, 6) is 0. The van der Waals surface area contributed by atoms with Crippen molar-refractivity contribution in [1.82, 2.24) is 5.32 Å². The van der Waals surface area contributed by atoms with Gasteiger partial charge in [-0.15, -0.1) is 12.4 Å². The fraction of sp³-hybridized carbons (Fsp3) is 0.263. The van der Waals surface area contributed by atoms with Gasteiger partial charge in [-0.05, 0) is 65.8 Å². The Kier molecular flexibility index (Phi) is 4.14. The molecule has 1 heterocycles. The van der Waals surface area contributed by atoms with E-state index in [0.717, 1.165) is 32.4 Å². The van der Waals surface area contributed by atoms with Crippen LogP contribution in [0.15, 0.2) is 48.5 Å². The second-order valence-electron chi connectivity index (χ2n) is 5.70. The Morgan fingerprint density at radius 2 is 1.14 bits per heavy atom. The maximum atomic E-state index is 3.54. The van der Waals surface area contributed by atoms with Crippen LogP contribution in [0.4, 0.5) is 0 Å². The van der Waals surface area contributed by atoms with Crippen molar-refractivity contribution < 1.29 is 0 Å². The van der Waals surface area contributed by atoms with E-state index in [9.17, 15) is 0 Å². The van der Waals surface area contributed by atoms with Crippen molar-refractivity contribution in [2.45, 2.75) is 19.3 Å². The molecule has 2 aliphatic rings. The molecular formula is C19H20ClN. The van der Waals surface area contributed by atoms with Crippen LogP contribution < -0.4 is 5.32 Å². The molecule has 1 aliphatic carbocycles. The molecule has 21 heavy (non-hydrogen) atoms. The normalized spacial score (nSPS) is 16.8. The summed E-state index contributed by atoms with van der Waals surface area (Å²) in [6, 6.07) is 17.9. The molecule has 0 atom stereocenters. The van der Waals surface area contributed by atoms with E-state index in [0.29, 0.717) is 0 Å². The second-order valence-corrected chi connectivity index (χ2v) is 5.70. The molecule has 4 rings (SSSR count). The number of rotatable bonds is 0. The van der Waals surface area contributed by atoms with Gasteiger partial charge in [0.25, 0.3) is 0 Å². The van der Waals surface area contributed by atoms with E-state index >= 15 is 0 Å². The molecule has 2 aromatic rings. The van der Waals surface area contributed by atoms with Crippen molar-refractivity contribution in [2.24, 2.45) is 0 Å². The first kappa shape index (κ1) is 14.4. The average molecular weight is 298 g/mol. The Morgan fingerprint density at radius 3 is 1.67 bits per heavy atom. The Labute approximate surface area is 132 Å². The molecule has 1 nitrogen and oxygen atoms in total. The lowest BCUT2D eigenvalue weighted by molar-refractivity contribution is 0.720. The molecule has 1 N–H and O–H groups in total. The minimum Gasteiger partial charge on any atom is -0.316 e. The minimum atomic E-state index is 0. The first-order chi connectivity index (χ1) is 9.93. The van der Waals surface area contributed by atoms with Crippen LogP contribution in [0.25, 0.3) is 11.1 Å². The molecular weight excluding hydrogens is 278 g/mol. The van der Waals surface area contributed by atoms with E-state index in [-0.39, 0.29) is 12.4 Å². The van der Waals surface area contributed by atoms with Crippen LogP contribution in [0.1, 0.15) is 35.1 Å². The van der Waals surface area contributed by atoms with Gasteiger partial charge in [0.05, 0.1) is 0 Å². The molecule has 0 saturated carbocycles. The number of hydrogen-bond donors (Lipinski definition) is 1. The number of hydrogen-bond acceptors (Lipinski definition) is 1. The van der Waals surface area contributed by atoms with Crippen LogP contribution in [0.3, 0.4) is 0 Å². The fourth-order valence-electron chi connectivity index (χ4n) is 3.59. The van der Waals surface area contributed by atoms with Gasteiger partial charge in [0, 0.05) is 0 Å². The number of halogens is 1. The molecule has 108 valence electrons. The monoisotopic (exact) mass is 297 g/mol. The molecule has 0 amide bonds. The number of fused-ring (bicyclic) bond motifs is 4. The van der Waals surface area contributed by atoms with Crippen LogP contribution in [0, 0.1) is 0 Å². The Balaban J connectivity index is 0.00000132. The highest BCUT2D eigenvalue weighted by Gasteiger charge is 2.21. The van der Waals surface area contributed by atoms with Gasteiger partial charge in [0.1, 0.15) is 0 Å². The van der Waals surface area contributed by atoms with Crippen LogP contribution >= 0.6 is 12.4 Å². The van der Waals surface area contributed by atoms with Gasteiger partial charge < -0.3 is 5.32 Å². The van der Waals surface area contributed by atoms with Crippen LogP contribution in [-0.4, -0.2) is 13.1 Å². The summed E-state index contributed by atoms with van der Waals surface area (Å²) >= 11 is 0. The SMILES string of the molecule is Cl.c1ccc2c(c1)Cc1ccccc1C1=C2CCNCC1. The first-order valence-corrected chi connectivity index (χ1v) is 7.53. The molecule has 1 aliphatic heterocycles. The smallest absolute Gasteiger partial charge is 0.000790 e. The number of benzene rings is 2. The average Bonchev–Trinajstić information content (AvgIpc) is 2.79. The molecule has 2 aromatic carbocycles. The maximum absolute atomic E-state index is 3.54. The van der Waals surface area contributed by atoms with E-state index in [4.69, 9.17) is 0 Å². The topological polar surface area (TPSA) is 12.0 Å². The van der Waals surface area contributed by atoms with Gasteiger partial charge in [-0.3, -0.25) is 0 Å². The third kappa shape index (κ3) is 2.52. The van der Waals surface area contributed by atoms with E-state index in [1.165, 1.54) is 22.3 Å². The van der Waals surface area contributed by atoms with Gasteiger partial charge in [-0.25, -0.2) is 0 Å². The summed E-state index contributed by atoms with van der Waals surface area (Å²) in [6.45, 7) is 2.19. The predicted octanol–water partition coefficient (Wildman–Crippen LogP) is 4.31. The Hall–Kier alpha value is -1.57. The molecule has 0 radical (unpaired) electrons. The van der Waals surface area contributed by atoms with Gasteiger partial charge in [0.15, 0.2) is 0 Å². The van der Waals surface area contributed by atoms with Crippen molar-refractivity contribution in [3.8, 4) is 0 Å². The lowest BCUT2D eigenvalue weighted by Crippen LogP contribution is -2.14. The summed E-state index contributed by atoms with van der Waals surface area (Å²) in [6.07, 6.45) is 3.34. The Bertz CT molecular complexity index is 630. The van der Waals surface area contributed by atoms with E-state index in [1.807, 2.05) is 0 Å². The van der Waals surface area contributed by atoms with Gasteiger partial charge in [0.2, 0.25) is 0 Å². The highest BCUT2D eigenvalue weighted by atomic mass is 35.5.